The number of rotatable bonds is 5. The van der Waals surface area contributed by atoms with Crippen LogP contribution < -0.4 is 4.74 Å². The van der Waals surface area contributed by atoms with Crippen molar-refractivity contribution >= 4 is 22.6 Å². The predicted molar refractivity (Wildman–Crippen MR) is 81.1 cm³/mol. The second-order valence-corrected chi connectivity index (χ2v) is 4.47. The van der Waals surface area contributed by atoms with E-state index in [1.807, 2.05) is 31.2 Å². The minimum atomic E-state index is 0.693. The molecule has 0 N–H and O–H groups in total. The molecule has 0 aliphatic carbocycles. The van der Waals surface area contributed by atoms with Gasteiger partial charge in [0.2, 0.25) is 0 Å². The molecule has 0 aliphatic rings. The molecule has 0 saturated heterocycles. The lowest BCUT2D eigenvalue weighted by Crippen LogP contribution is -2.27. The molecule has 100 valence electrons. The molecule has 0 saturated carbocycles. The van der Waals surface area contributed by atoms with E-state index in [-0.39, 0.29) is 0 Å². The number of aliphatic imine (C=N–C) groups is 1. The normalized spacial score (nSPS) is 11.4. The maximum Gasteiger partial charge on any atom is 0.164 e. The summed E-state index contributed by atoms with van der Waals surface area (Å²) in [7, 11) is 0. The lowest BCUT2D eigenvalue weighted by Gasteiger charge is -2.21. The number of thioether (sulfide) groups is 1. The van der Waals surface area contributed by atoms with Gasteiger partial charge >= 0.3 is 0 Å². The fourth-order valence-corrected chi connectivity index (χ4v) is 2.35. The van der Waals surface area contributed by atoms with Gasteiger partial charge in [0.25, 0.3) is 0 Å². The van der Waals surface area contributed by atoms with Crippen LogP contribution in [0.25, 0.3) is 0 Å². The number of amidine groups is 1. The van der Waals surface area contributed by atoms with Crippen molar-refractivity contribution in [1.82, 2.24) is 4.90 Å². The summed E-state index contributed by atoms with van der Waals surface area (Å²) in [5, 5.41) is 1.06. The van der Waals surface area contributed by atoms with E-state index in [2.05, 4.69) is 30.0 Å². The molecule has 0 fully saturated rings. The highest BCUT2D eigenvalue weighted by Crippen LogP contribution is 2.20. The van der Waals surface area contributed by atoms with Gasteiger partial charge in [0.1, 0.15) is 5.75 Å². The molecule has 0 bridgehead atoms. The Labute approximate surface area is 114 Å². The zero-order valence-electron chi connectivity index (χ0n) is 11.6. The molecule has 3 nitrogen and oxygen atoms in total. The number of nitrogens with zero attached hydrogens (tertiary/aromatic N) is 2. The van der Waals surface area contributed by atoms with Crippen LogP contribution in [0.15, 0.2) is 29.3 Å². The van der Waals surface area contributed by atoms with E-state index in [1.165, 1.54) is 0 Å². The van der Waals surface area contributed by atoms with E-state index in [4.69, 9.17) is 4.74 Å². The van der Waals surface area contributed by atoms with Crippen molar-refractivity contribution in [3.05, 3.63) is 24.3 Å². The summed E-state index contributed by atoms with van der Waals surface area (Å²) >= 11 is 1.68. The predicted octanol–water partition coefficient (Wildman–Crippen LogP) is 3.78. The molecule has 18 heavy (non-hydrogen) atoms. The Morgan fingerprint density at radius 2 is 1.78 bits per heavy atom. The van der Waals surface area contributed by atoms with Crippen LogP contribution in [0.2, 0.25) is 0 Å². The minimum Gasteiger partial charge on any atom is -0.494 e. The highest BCUT2D eigenvalue weighted by atomic mass is 32.2. The Balaban J connectivity index is 2.84. The summed E-state index contributed by atoms with van der Waals surface area (Å²) < 4.78 is 5.42. The standard InChI is InChI=1S/C14H22N2OS/c1-5-16(6-2)14(18-4)15-12-8-10-13(11-9-12)17-7-3/h8-11H,5-7H2,1-4H3. The number of benzene rings is 1. The lowest BCUT2D eigenvalue weighted by atomic mass is 10.3. The summed E-state index contributed by atoms with van der Waals surface area (Å²) in [6, 6.07) is 7.90. The van der Waals surface area contributed by atoms with Crippen molar-refractivity contribution in [3.63, 3.8) is 0 Å². The molecule has 1 aromatic carbocycles. The molecule has 1 rings (SSSR count). The van der Waals surface area contributed by atoms with Crippen LogP contribution in [0, 0.1) is 0 Å². The monoisotopic (exact) mass is 266 g/mol. The average molecular weight is 266 g/mol. The molecule has 0 aromatic heterocycles. The van der Waals surface area contributed by atoms with Gasteiger partial charge < -0.3 is 9.64 Å². The highest BCUT2D eigenvalue weighted by Gasteiger charge is 2.05. The molecule has 0 amide bonds. The van der Waals surface area contributed by atoms with Crippen LogP contribution in [0.3, 0.4) is 0 Å². The topological polar surface area (TPSA) is 24.8 Å². The Hall–Kier alpha value is -1.16. The van der Waals surface area contributed by atoms with E-state index in [1.54, 1.807) is 11.8 Å². The van der Waals surface area contributed by atoms with Gasteiger partial charge in [0.05, 0.1) is 12.3 Å². The molecule has 1 aromatic rings. The quantitative estimate of drug-likeness (QED) is 0.599. The number of hydrogen-bond acceptors (Lipinski definition) is 3. The SMILES string of the molecule is CCOc1ccc(N=C(SC)N(CC)CC)cc1. The third-order valence-corrected chi connectivity index (χ3v) is 3.30. The molecular formula is C14H22N2OS. The van der Waals surface area contributed by atoms with E-state index in [9.17, 15) is 0 Å². The molecule has 0 atom stereocenters. The van der Waals surface area contributed by atoms with Gasteiger partial charge in [-0.2, -0.15) is 0 Å². The van der Waals surface area contributed by atoms with E-state index in [0.717, 1.165) is 29.7 Å². The van der Waals surface area contributed by atoms with E-state index in [0.29, 0.717) is 6.61 Å². The van der Waals surface area contributed by atoms with Crippen molar-refractivity contribution < 1.29 is 4.74 Å². The second-order valence-electron chi connectivity index (χ2n) is 3.70. The van der Waals surface area contributed by atoms with Crippen LogP contribution in [0.4, 0.5) is 5.69 Å². The van der Waals surface area contributed by atoms with Gasteiger partial charge in [-0.3, -0.25) is 0 Å². The zero-order valence-corrected chi connectivity index (χ0v) is 12.5. The minimum absolute atomic E-state index is 0.693. The number of ether oxygens (including phenoxy) is 1. The maximum absolute atomic E-state index is 5.42. The molecule has 0 heterocycles. The van der Waals surface area contributed by atoms with Crippen molar-refractivity contribution in [3.8, 4) is 5.75 Å². The van der Waals surface area contributed by atoms with E-state index >= 15 is 0 Å². The van der Waals surface area contributed by atoms with E-state index < -0.39 is 0 Å². The first-order chi connectivity index (χ1) is 8.74. The average Bonchev–Trinajstić information content (AvgIpc) is 2.41. The third-order valence-electron chi connectivity index (χ3n) is 2.59. The van der Waals surface area contributed by atoms with Gasteiger partial charge in [-0.05, 0) is 51.3 Å². The van der Waals surface area contributed by atoms with Crippen molar-refractivity contribution in [2.24, 2.45) is 4.99 Å². The second kappa shape index (κ2) is 8.03. The molecule has 4 heteroatoms. The van der Waals surface area contributed by atoms with Gasteiger partial charge in [0, 0.05) is 13.1 Å². The first-order valence-electron chi connectivity index (χ1n) is 6.35. The third kappa shape index (κ3) is 4.26. The zero-order chi connectivity index (χ0) is 13.4. The van der Waals surface area contributed by atoms with Crippen LogP contribution in [0.1, 0.15) is 20.8 Å². The van der Waals surface area contributed by atoms with Crippen LogP contribution in [-0.4, -0.2) is 36.0 Å². The Morgan fingerprint density at radius 3 is 2.22 bits per heavy atom. The fraction of sp³-hybridized carbons (Fsp3) is 0.500. The summed E-state index contributed by atoms with van der Waals surface area (Å²) in [6.45, 7) is 8.93. The summed E-state index contributed by atoms with van der Waals surface area (Å²) in [6.07, 6.45) is 2.06. The highest BCUT2D eigenvalue weighted by molar-refractivity contribution is 8.13. The fourth-order valence-electron chi connectivity index (χ4n) is 1.63. The first-order valence-corrected chi connectivity index (χ1v) is 7.58. The van der Waals surface area contributed by atoms with Gasteiger partial charge in [-0.25, -0.2) is 4.99 Å². The smallest absolute Gasteiger partial charge is 0.164 e. The Kier molecular flexibility index (Phi) is 6.65. The summed E-state index contributed by atoms with van der Waals surface area (Å²) in [4.78, 5) is 6.92. The van der Waals surface area contributed by atoms with Crippen molar-refractivity contribution in [2.45, 2.75) is 20.8 Å². The van der Waals surface area contributed by atoms with Crippen LogP contribution in [-0.2, 0) is 0 Å². The lowest BCUT2D eigenvalue weighted by molar-refractivity contribution is 0.340. The maximum atomic E-state index is 5.42. The Bertz CT molecular complexity index is 372. The molecule has 0 radical (unpaired) electrons. The number of hydrogen-bond donors (Lipinski definition) is 0. The summed E-state index contributed by atoms with van der Waals surface area (Å²) in [5.41, 5.74) is 0.967. The van der Waals surface area contributed by atoms with Gasteiger partial charge in [0.15, 0.2) is 5.17 Å². The molecule has 0 spiro atoms. The van der Waals surface area contributed by atoms with Gasteiger partial charge in [-0.15, -0.1) is 0 Å². The molecule has 0 aliphatic heterocycles. The summed E-state index contributed by atoms with van der Waals surface area (Å²) in [5.74, 6) is 0.894. The molecule has 0 unspecified atom stereocenters. The molecular weight excluding hydrogens is 244 g/mol. The van der Waals surface area contributed by atoms with Crippen molar-refractivity contribution in [1.29, 1.82) is 0 Å². The Morgan fingerprint density at radius 1 is 1.17 bits per heavy atom. The first kappa shape index (κ1) is 14.9. The largest absolute Gasteiger partial charge is 0.494 e. The van der Waals surface area contributed by atoms with Crippen LogP contribution in [0.5, 0.6) is 5.75 Å². The van der Waals surface area contributed by atoms with Crippen LogP contribution >= 0.6 is 11.8 Å². The van der Waals surface area contributed by atoms with Crippen molar-refractivity contribution in [2.75, 3.05) is 26.0 Å². The van der Waals surface area contributed by atoms with Gasteiger partial charge in [-0.1, -0.05) is 11.8 Å².